The Morgan fingerprint density at radius 3 is 2.60 bits per heavy atom. The maximum absolute atomic E-state index is 10.8. The Balaban J connectivity index is 2.45. The van der Waals surface area contributed by atoms with Crippen LogP contribution in [-0.2, 0) is 11.3 Å². The molecule has 1 aromatic rings. The minimum Gasteiger partial charge on any atom is -0.387 e. The van der Waals surface area contributed by atoms with E-state index in [0.29, 0.717) is 6.54 Å². The fourth-order valence-electron chi connectivity index (χ4n) is 1.13. The molecule has 0 saturated heterocycles. The second-order valence-corrected chi connectivity index (χ2v) is 4.35. The van der Waals surface area contributed by atoms with Crippen LogP contribution in [0.5, 0.6) is 0 Å². The first kappa shape index (κ1) is 12.1. The molecule has 0 aliphatic heterocycles. The van der Waals surface area contributed by atoms with Crippen molar-refractivity contribution in [2.75, 3.05) is 12.4 Å². The zero-order valence-corrected chi connectivity index (χ0v) is 9.51. The van der Waals surface area contributed by atoms with Crippen LogP contribution in [0.4, 0.5) is 0 Å². The molecule has 0 aliphatic rings. The van der Waals surface area contributed by atoms with Crippen LogP contribution in [0.2, 0.25) is 0 Å². The van der Waals surface area contributed by atoms with Crippen LogP contribution in [0.25, 0.3) is 0 Å². The van der Waals surface area contributed by atoms with Crippen molar-refractivity contribution in [2.45, 2.75) is 18.4 Å². The molecule has 0 heterocycles. The predicted molar refractivity (Wildman–Crippen MR) is 61.8 cm³/mol. The minimum atomic E-state index is -0.455. The van der Waals surface area contributed by atoms with E-state index in [-0.39, 0.29) is 5.91 Å². The first-order valence-corrected chi connectivity index (χ1v) is 5.84. The summed E-state index contributed by atoms with van der Waals surface area (Å²) in [6.45, 7) is 2.13. The number of hydrogen-bond acceptors (Lipinski definition) is 3. The summed E-state index contributed by atoms with van der Waals surface area (Å²) in [7, 11) is 0. The molecule has 0 bridgehead atoms. The molecule has 2 N–H and O–H groups in total. The monoisotopic (exact) mass is 225 g/mol. The quantitative estimate of drug-likeness (QED) is 0.745. The molecule has 0 radical (unpaired) electrons. The van der Waals surface area contributed by atoms with Crippen LogP contribution in [0.15, 0.2) is 29.2 Å². The third-order valence-corrected chi connectivity index (χ3v) is 2.76. The van der Waals surface area contributed by atoms with Crippen LogP contribution in [0.3, 0.4) is 0 Å². The fourth-order valence-corrected chi connectivity index (χ4v) is 1.79. The molecule has 0 unspecified atom stereocenters. The number of amides is 1. The van der Waals surface area contributed by atoms with Gasteiger partial charge in [0.15, 0.2) is 0 Å². The average molecular weight is 225 g/mol. The van der Waals surface area contributed by atoms with E-state index in [1.54, 1.807) is 11.8 Å². The largest absolute Gasteiger partial charge is 0.387 e. The van der Waals surface area contributed by atoms with Gasteiger partial charge in [-0.2, -0.15) is 0 Å². The van der Waals surface area contributed by atoms with E-state index >= 15 is 0 Å². The van der Waals surface area contributed by atoms with Gasteiger partial charge in [-0.25, -0.2) is 0 Å². The van der Waals surface area contributed by atoms with Gasteiger partial charge in [-0.05, 0) is 23.4 Å². The number of carbonyl (C=O) groups excluding carboxylic acids is 1. The van der Waals surface area contributed by atoms with Crippen LogP contribution in [-0.4, -0.2) is 23.4 Å². The molecule has 0 spiro atoms. The fraction of sp³-hybridized carbons (Fsp3) is 0.364. The summed E-state index contributed by atoms with van der Waals surface area (Å²) in [6, 6.07) is 8.04. The summed E-state index contributed by atoms with van der Waals surface area (Å²) in [5.74, 6) is 0.711. The Morgan fingerprint density at radius 1 is 1.40 bits per heavy atom. The summed E-state index contributed by atoms with van der Waals surface area (Å²) >= 11 is 1.79. The first-order chi connectivity index (χ1) is 7.26. The molecule has 0 saturated carbocycles. The van der Waals surface area contributed by atoms with E-state index in [2.05, 4.69) is 12.2 Å². The van der Waals surface area contributed by atoms with Gasteiger partial charge in [-0.15, -0.1) is 11.8 Å². The van der Waals surface area contributed by atoms with E-state index in [1.807, 2.05) is 24.3 Å². The maximum Gasteiger partial charge on any atom is 0.245 e. The Hall–Kier alpha value is -1.00. The first-order valence-electron chi connectivity index (χ1n) is 4.85. The molecular weight excluding hydrogens is 210 g/mol. The third-order valence-electron chi connectivity index (χ3n) is 1.87. The summed E-state index contributed by atoms with van der Waals surface area (Å²) < 4.78 is 0. The van der Waals surface area contributed by atoms with E-state index in [9.17, 15) is 4.79 Å². The number of rotatable bonds is 5. The lowest BCUT2D eigenvalue weighted by molar-refractivity contribution is -0.123. The van der Waals surface area contributed by atoms with Crippen LogP contribution in [0.1, 0.15) is 12.5 Å². The molecule has 0 atom stereocenters. The highest BCUT2D eigenvalue weighted by atomic mass is 32.2. The van der Waals surface area contributed by atoms with Crippen LogP contribution < -0.4 is 5.32 Å². The third kappa shape index (κ3) is 4.36. The van der Waals surface area contributed by atoms with Gasteiger partial charge in [0.2, 0.25) is 5.91 Å². The van der Waals surface area contributed by atoms with Gasteiger partial charge in [-0.1, -0.05) is 19.1 Å². The molecular formula is C11H15NO2S. The van der Waals surface area contributed by atoms with Crippen molar-refractivity contribution >= 4 is 17.7 Å². The predicted octanol–water partition coefficient (Wildman–Crippen LogP) is 1.41. The number of nitrogens with one attached hydrogen (secondary N) is 1. The highest BCUT2D eigenvalue weighted by molar-refractivity contribution is 7.99. The molecule has 0 aromatic heterocycles. The van der Waals surface area contributed by atoms with Crippen LogP contribution >= 0.6 is 11.8 Å². The molecule has 1 aromatic carbocycles. The maximum atomic E-state index is 10.8. The normalized spacial score (nSPS) is 10.0. The van der Waals surface area contributed by atoms with Crippen molar-refractivity contribution in [1.82, 2.24) is 5.32 Å². The number of benzene rings is 1. The molecule has 0 fully saturated rings. The van der Waals surface area contributed by atoms with Gasteiger partial charge in [0.1, 0.15) is 6.61 Å². The van der Waals surface area contributed by atoms with Crippen molar-refractivity contribution in [2.24, 2.45) is 0 Å². The zero-order valence-electron chi connectivity index (χ0n) is 8.69. The summed E-state index contributed by atoms with van der Waals surface area (Å²) in [5.41, 5.74) is 1.04. The average Bonchev–Trinajstić information content (AvgIpc) is 2.28. The second-order valence-electron chi connectivity index (χ2n) is 3.01. The highest BCUT2D eigenvalue weighted by Crippen LogP contribution is 2.17. The second kappa shape index (κ2) is 6.48. The molecule has 0 aliphatic carbocycles. The summed E-state index contributed by atoms with van der Waals surface area (Å²) in [5, 5.41) is 11.1. The van der Waals surface area contributed by atoms with Crippen molar-refractivity contribution in [3.05, 3.63) is 29.8 Å². The summed E-state index contributed by atoms with van der Waals surface area (Å²) in [6.07, 6.45) is 0. The number of carbonyl (C=O) groups is 1. The summed E-state index contributed by atoms with van der Waals surface area (Å²) in [4.78, 5) is 12.0. The molecule has 82 valence electrons. The van der Waals surface area contributed by atoms with E-state index < -0.39 is 6.61 Å². The lowest BCUT2D eigenvalue weighted by Crippen LogP contribution is -2.25. The lowest BCUT2D eigenvalue weighted by Gasteiger charge is -2.04. The van der Waals surface area contributed by atoms with Crippen molar-refractivity contribution in [3.8, 4) is 0 Å². The molecule has 15 heavy (non-hydrogen) atoms. The number of thioether (sulfide) groups is 1. The topological polar surface area (TPSA) is 49.3 Å². The molecule has 3 nitrogen and oxygen atoms in total. The van der Waals surface area contributed by atoms with Crippen molar-refractivity contribution in [3.63, 3.8) is 0 Å². The number of aliphatic hydroxyl groups is 1. The van der Waals surface area contributed by atoms with Gasteiger partial charge < -0.3 is 10.4 Å². The van der Waals surface area contributed by atoms with Crippen molar-refractivity contribution in [1.29, 1.82) is 0 Å². The molecule has 1 rings (SSSR count). The van der Waals surface area contributed by atoms with E-state index in [4.69, 9.17) is 5.11 Å². The number of hydrogen-bond donors (Lipinski definition) is 2. The lowest BCUT2D eigenvalue weighted by atomic mass is 10.2. The van der Waals surface area contributed by atoms with Gasteiger partial charge in [-0.3, -0.25) is 4.79 Å². The smallest absolute Gasteiger partial charge is 0.245 e. The van der Waals surface area contributed by atoms with Gasteiger partial charge >= 0.3 is 0 Å². The Labute approximate surface area is 93.9 Å². The Morgan fingerprint density at radius 2 is 2.07 bits per heavy atom. The SMILES string of the molecule is CCSc1ccc(CNC(=O)CO)cc1. The standard InChI is InChI=1S/C11H15NO2S/c1-2-15-10-5-3-9(4-6-10)7-12-11(14)8-13/h3-6,13H,2,7-8H2,1H3,(H,12,14). The van der Waals surface area contributed by atoms with Crippen LogP contribution in [0, 0.1) is 0 Å². The highest BCUT2D eigenvalue weighted by Gasteiger charge is 1.98. The van der Waals surface area contributed by atoms with Gasteiger partial charge in [0.05, 0.1) is 0 Å². The van der Waals surface area contributed by atoms with Gasteiger partial charge in [0.25, 0.3) is 0 Å². The number of aliphatic hydroxyl groups excluding tert-OH is 1. The van der Waals surface area contributed by atoms with E-state index in [0.717, 1.165) is 11.3 Å². The van der Waals surface area contributed by atoms with Crippen molar-refractivity contribution < 1.29 is 9.90 Å². The zero-order chi connectivity index (χ0) is 11.1. The molecule has 1 amide bonds. The Kier molecular flexibility index (Phi) is 5.21. The minimum absolute atomic E-state index is 0.345. The van der Waals surface area contributed by atoms with Gasteiger partial charge in [0, 0.05) is 11.4 Å². The van der Waals surface area contributed by atoms with E-state index in [1.165, 1.54) is 4.90 Å². The molecule has 4 heteroatoms. The Bertz CT molecular complexity index is 311.